The smallest absolute Gasteiger partial charge is 0.387 e. The van der Waals surface area contributed by atoms with Crippen molar-refractivity contribution in [2.24, 2.45) is 0 Å². The lowest BCUT2D eigenvalue weighted by Crippen LogP contribution is -2.13. The van der Waals surface area contributed by atoms with E-state index in [0.29, 0.717) is 11.1 Å². The first-order chi connectivity index (χ1) is 12.8. The number of hydrogen-bond acceptors (Lipinski definition) is 4. The molecular formula is C18H14Cl2F2N2O3. The van der Waals surface area contributed by atoms with Crippen LogP contribution in [0.2, 0.25) is 10.0 Å². The van der Waals surface area contributed by atoms with Gasteiger partial charge in [0.25, 0.3) is 5.91 Å². The third-order valence-corrected chi connectivity index (χ3v) is 4.36. The van der Waals surface area contributed by atoms with Gasteiger partial charge in [0.15, 0.2) is 11.3 Å². The van der Waals surface area contributed by atoms with Crippen molar-refractivity contribution in [1.82, 2.24) is 4.98 Å². The van der Waals surface area contributed by atoms with Crippen LogP contribution in [0.25, 0.3) is 11.0 Å². The predicted molar refractivity (Wildman–Crippen MR) is 99.1 cm³/mol. The summed E-state index contributed by atoms with van der Waals surface area (Å²) in [5.74, 6) is -0.167. The average molecular weight is 415 g/mol. The zero-order valence-corrected chi connectivity index (χ0v) is 15.7. The number of halogens is 4. The van der Waals surface area contributed by atoms with Crippen LogP contribution in [0.3, 0.4) is 0 Å². The Balaban J connectivity index is 2.07. The van der Waals surface area contributed by atoms with E-state index in [1.54, 1.807) is 6.07 Å². The van der Waals surface area contributed by atoms with Crippen LogP contribution in [0.15, 0.2) is 35.0 Å². The lowest BCUT2D eigenvalue weighted by atomic mass is 10.1. The highest BCUT2D eigenvalue weighted by Crippen LogP contribution is 2.36. The lowest BCUT2D eigenvalue weighted by Gasteiger charge is -2.10. The summed E-state index contributed by atoms with van der Waals surface area (Å²) in [6.45, 7) is 0.735. The van der Waals surface area contributed by atoms with Crippen molar-refractivity contribution in [2.75, 3.05) is 5.32 Å². The first-order valence-electron chi connectivity index (χ1n) is 7.89. The molecule has 0 radical (unpaired) electrons. The maximum atomic E-state index is 12.8. The number of nitrogens with one attached hydrogen (secondary N) is 1. The van der Waals surface area contributed by atoms with Gasteiger partial charge in [0.2, 0.25) is 0 Å². The first-order valence-corrected chi connectivity index (χ1v) is 8.65. The van der Waals surface area contributed by atoms with Crippen molar-refractivity contribution in [3.8, 4) is 5.75 Å². The molecule has 0 spiro atoms. The Bertz CT molecular complexity index is 985. The van der Waals surface area contributed by atoms with E-state index in [1.807, 2.05) is 13.8 Å². The lowest BCUT2D eigenvalue weighted by molar-refractivity contribution is -0.0494. The van der Waals surface area contributed by atoms with Gasteiger partial charge in [-0.3, -0.25) is 9.78 Å². The Labute approximate surface area is 163 Å². The maximum Gasteiger partial charge on any atom is 0.387 e. The largest absolute Gasteiger partial charge is 0.457 e. The van der Waals surface area contributed by atoms with E-state index in [2.05, 4.69) is 15.0 Å². The number of hydrogen-bond donors (Lipinski definition) is 1. The number of furan rings is 1. The standard InChI is InChI=1S/C18H14Cl2F2N2O3/c1-8(2)14-5-10-9(3-4-13(16(10)26-14)27-18(21)22)17(25)24-15-11(19)6-23-7-12(15)20/h3-8,18H,1-2H3,(H,23,24,25). The van der Waals surface area contributed by atoms with Crippen molar-refractivity contribution in [3.63, 3.8) is 0 Å². The molecular weight excluding hydrogens is 401 g/mol. The summed E-state index contributed by atoms with van der Waals surface area (Å²) in [5, 5.41) is 3.29. The first kappa shape index (κ1) is 19.4. The molecule has 0 atom stereocenters. The Morgan fingerprint density at radius 2 is 1.89 bits per heavy atom. The molecule has 27 heavy (non-hydrogen) atoms. The third-order valence-electron chi connectivity index (χ3n) is 3.79. The minimum Gasteiger partial charge on any atom is -0.457 e. The summed E-state index contributed by atoms with van der Waals surface area (Å²) in [4.78, 5) is 16.6. The second kappa shape index (κ2) is 7.70. The summed E-state index contributed by atoms with van der Waals surface area (Å²) in [6, 6.07) is 4.26. The van der Waals surface area contributed by atoms with Gasteiger partial charge < -0.3 is 14.5 Å². The molecule has 142 valence electrons. The third kappa shape index (κ3) is 3.99. The van der Waals surface area contributed by atoms with Crippen molar-refractivity contribution in [3.05, 3.63) is 52.0 Å². The van der Waals surface area contributed by atoms with Gasteiger partial charge in [0.05, 0.1) is 21.3 Å². The number of aromatic nitrogens is 1. The van der Waals surface area contributed by atoms with E-state index < -0.39 is 12.5 Å². The van der Waals surface area contributed by atoms with Crippen LogP contribution in [0, 0.1) is 0 Å². The normalized spacial score (nSPS) is 11.4. The van der Waals surface area contributed by atoms with E-state index in [9.17, 15) is 13.6 Å². The van der Waals surface area contributed by atoms with Crippen LogP contribution in [0.4, 0.5) is 14.5 Å². The monoisotopic (exact) mass is 414 g/mol. The second-order valence-electron chi connectivity index (χ2n) is 5.97. The molecule has 1 aromatic carbocycles. The molecule has 9 heteroatoms. The number of benzene rings is 1. The molecule has 0 aliphatic heterocycles. The molecule has 0 unspecified atom stereocenters. The summed E-state index contributed by atoms with van der Waals surface area (Å²) in [7, 11) is 0. The van der Waals surface area contributed by atoms with Gasteiger partial charge in [-0.1, -0.05) is 37.0 Å². The SMILES string of the molecule is CC(C)c1cc2c(C(=O)Nc3c(Cl)cncc3Cl)ccc(OC(F)F)c2o1. The van der Waals surface area contributed by atoms with Crippen molar-refractivity contribution in [1.29, 1.82) is 0 Å². The summed E-state index contributed by atoms with van der Waals surface area (Å²) in [6.07, 6.45) is 2.68. The number of alkyl halides is 2. The fourth-order valence-electron chi connectivity index (χ4n) is 2.50. The Hall–Kier alpha value is -2.38. The van der Waals surface area contributed by atoms with Gasteiger partial charge >= 0.3 is 6.61 Å². The van der Waals surface area contributed by atoms with Crippen molar-refractivity contribution in [2.45, 2.75) is 26.4 Å². The van der Waals surface area contributed by atoms with Crippen LogP contribution in [-0.4, -0.2) is 17.5 Å². The number of nitrogens with zero attached hydrogens (tertiary/aromatic N) is 1. The van der Waals surface area contributed by atoms with Gasteiger partial charge in [-0.15, -0.1) is 0 Å². The molecule has 1 N–H and O–H groups in total. The van der Waals surface area contributed by atoms with E-state index in [0.717, 1.165) is 0 Å². The van der Waals surface area contributed by atoms with Crippen LogP contribution < -0.4 is 10.1 Å². The quantitative estimate of drug-likeness (QED) is 0.546. The summed E-state index contributed by atoms with van der Waals surface area (Å²) >= 11 is 12.0. The number of carbonyl (C=O) groups is 1. The zero-order chi connectivity index (χ0) is 19.7. The highest BCUT2D eigenvalue weighted by atomic mass is 35.5. The molecule has 0 bridgehead atoms. The molecule has 1 amide bonds. The minimum absolute atomic E-state index is 0.0169. The Kier molecular flexibility index (Phi) is 5.53. The van der Waals surface area contributed by atoms with E-state index in [-0.39, 0.29) is 38.5 Å². The molecule has 2 aromatic heterocycles. The number of amides is 1. The van der Waals surface area contributed by atoms with E-state index >= 15 is 0 Å². The molecule has 0 fully saturated rings. The highest BCUT2D eigenvalue weighted by Gasteiger charge is 2.21. The average Bonchev–Trinajstić information content (AvgIpc) is 3.04. The maximum absolute atomic E-state index is 12.8. The van der Waals surface area contributed by atoms with Gasteiger partial charge in [0.1, 0.15) is 5.76 Å². The number of carbonyl (C=O) groups excluding carboxylic acids is 1. The fraction of sp³-hybridized carbons (Fsp3) is 0.222. The fourth-order valence-corrected chi connectivity index (χ4v) is 2.96. The zero-order valence-electron chi connectivity index (χ0n) is 14.2. The number of fused-ring (bicyclic) bond motifs is 1. The van der Waals surface area contributed by atoms with Crippen LogP contribution in [-0.2, 0) is 0 Å². The van der Waals surface area contributed by atoms with Gasteiger partial charge in [-0.2, -0.15) is 8.78 Å². The molecule has 0 saturated carbocycles. The Morgan fingerprint density at radius 1 is 1.22 bits per heavy atom. The van der Waals surface area contributed by atoms with E-state index in [4.69, 9.17) is 27.6 Å². The molecule has 0 aliphatic carbocycles. The van der Waals surface area contributed by atoms with Gasteiger partial charge in [-0.05, 0) is 18.2 Å². The number of pyridine rings is 1. The second-order valence-corrected chi connectivity index (χ2v) is 6.78. The van der Waals surface area contributed by atoms with Crippen LogP contribution >= 0.6 is 23.2 Å². The van der Waals surface area contributed by atoms with E-state index in [1.165, 1.54) is 24.5 Å². The van der Waals surface area contributed by atoms with Crippen LogP contribution in [0.1, 0.15) is 35.9 Å². The predicted octanol–water partition coefficient (Wildman–Crippen LogP) is 6.11. The molecule has 3 rings (SSSR count). The van der Waals surface area contributed by atoms with Crippen LogP contribution in [0.5, 0.6) is 5.75 Å². The molecule has 3 aromatic rings. The molecule has 0 aliphatic rings. The highest BCUT2D eigenvalue weighted by molar-refractivity contribution is 6.39. The summed E-state index contributed by atoms with van der Waals surface area (Å²) < 4.78 is 35.5. The number of anilines is 1. The summed E-state index contributed by atoms with van der Waals surface area (Å²) in [5.41, 5.74) is 0.469. The van der Waals surface area contributed by atoms with Crippen molar-refractivity contribution >= 4 is 45.8 Å². The molecule has 5 nitrogen and oxygen atoms in total. The number of rotatable bonds is 5. The van der Waals surface area contributed by atoms with Gasteiger partial charge in [0, 0.05) is 23.7 Å². The minimum atomic E-state index is -3.02. The number of ether oxygens (including phenoxy) is 1. The topological polar surface area (TPSA) is 64.4 Å². The molecule has 2 heterocycles. The van der Waals surface area contributed by atoms with Gasteiger partial charge in [-0.25, -0.2) is 0 Å². The molecule has 0 saturated heterocycles. The Morgan fingerprint density at radius 3 is 2.48 bits per heavy atom. The van der Waals surface area contributed by atoms with Crippen molar-refractivity contribution < 1.29 is 22.7 Å².